The lowest BCUT2D eigenvalue weighted by atomic mass is 10.0. The first kappa shape index (κ1) is 10.8. The van der Waals surface area contributed by atoms with Crippen molar-refractivity contribution >= 4 is 21.8 Å². The lowest BCUT2D eigenvalue weighted by Crippen LogP contribution is -1.97. The topological polar surface area (TPSA) is 38.1 Å². The zero-order valence-corrected chi connectivity index (χ0v) is 11.0. The Balaban J connectivity index is 2.10. The first-order valence-electron chi connectivity index (χ1n) is 5.83. The molecule has 3 rings (SSSR count). The van der Waals surface area contributed by atoms with E-state index in [2.05, 4.69) is 32.5 Å². The maximum atomic E-state index is 5.39. The molecule has 1 aromatic heterocycles. The molecule has 2 heterocycles. The molecule has 1 aromatic carbocycles. The van der Waals surface area contributed by atoms with Gasteiger partial charge in [0.05, 0.1) is 0 Å². The number of aromatic nitrogens is 1. The second-order valence-corrected chi connectivity index (χ2v) is 5.06. The molecule has 0 aliphatic carbocycles. The molecule has 17 heavy (non-hydrogen) atoms. The largest absolute Gasteiger partial charge is 0.354 e. The minimum absolute atomic E-state index is 0.841. The third-order valence-electron chi connectivity index (χ3n) is 3.06. The molecular formula is C13H13BrN2O. The van der Waals surface area contributed by atoms with Gasteiger partial charge in [0.15, 0.2) is 0 Å². The highest BCUT2D eigenvalue weighted by Crippen LogP contribution is 2.35. The van der Waals surface area contributed by atoms with E-state index in [1.165, 1.54) is 18.4 Å². The van der Waals surface area contributed by atoms with E-state index in [1.807, 2.05) is 18.2 Å². The Morgan fingerprint density at radius 1 is 1.24 bits per heavy atom. The normalized spacial score (nSPS) is 14.9. The maximum absolute atomic E-state index is 5.39. The summed E-state index contributed by atoms with van der Waals surface area (Å²) in [5.41, 5.74) is 3.26. The summed E-state index contributed by atoms with van der Waals surface area (Å²) in [6, 6.07) is 8.11. The van der Waals surface area contributed by atoms with Crippen LogP contribution in [0, 0.1) is 0 Å². The number of halogens is 1. The number of rotatable bonds is 1. The average Bonchev–Trinajstić information content (AvgIpc) is 2.59. The van der Waals surface area contributed by atoms with Crippen LogP contribution in [0.15, 0.2) is 33.3 Å². The SMILES string of the molecule is Brc1ccccc1-c1noc2c1CCCCN2. The van der Waals surface area contributed by atoms with Crippen molar-refractivity contribution in [1.29, 1.82) is 0 Å². The summed E-state index contributed by atoms with van der Waals surface area (Å²) < 4.78 is 6.45. The van der Waals surface area contributed by atoms with Gasteiger partial charge < -0.3 is 9.84 Å². The van der Waals surface area contributed by atoms with Gasteiger partial charge in [-0.3, -0.25) is 0 Å². The van der Waals surface area contributed by atoms with Gasteiger partial charge in [-0.05, 0) is 25.3 Å². The number of nitrogens with zero attached hydrogens (tertiary/aromatic N) is 1. The highest BCUT2D eigenvalue weighted by Gasteiger charge is 2.20. The van der Waals surface area contributed by atoms with Crippen molar-refractivity contribution in [2.75, 3.05) is 11.9 Å². The van der Waals surface area contributed by atoms with Gasteiger partial charge in [0.25, 0.3) is 0 Å². The monoisotopic (exact) mass is 292 g/mol. The van der Waals surface area contributed by atoms with Crippen molar-refractivity contribution < 1.29 is 4.52 Å². The quantitative estimate of drug-likeness (QED) is 0.867. The molecule has 0 fully saturated rings. The van der Waals surface area contributed by atoms with Crippen LogP contribution in [0.3, 0.4) is 0 Å². The number of hydrogen-bond donors (Lipinski definition) is 1. The Labute approximate surface area is 108 Å². The summed E-state index contributed by atoms with van der Waals surface area (Å²) >= 11 is 3.56. The number of hydrogen-bond acceptors (Lipinski definition) is 3. The van der Waals surface area contributed by atoms with Crippen molar-refractivity contribution in [2.45, 2.75) is 19.3 Å². The van der Waals surface area contributed by atoms with Gasteiger partial charge >= 0.3 is 0 Å². The Morgan fingerprint density at radius 2 is 2.12 bits per heavy atom. The van der Waals surface area contributed by atoms with Gasteiger partial charge in [-0.1, -0.05) is 39.3 Å². The van der Waals surface area contributed by atoms with Gasteiger partial charge in [0.1, 0.15) is 5.69 Å². The van der Waals surface area contributed by atoms with Gasteiger partial charge in [-0.2, -0.15) is 0 Å². The molecule has 0 saturated heterocycles. The van der Waals surface area contributed by atoms with Gasteiger partial charge in [-0.25, -0.2) is 0 Å². The first-order valence-corrected chi connectivity index (χ1v) is 6.63. The molecule has 0 spiro atoms. The molecule has 0 amide bonds. The van der Waals surface area contributed by atoms with Crippen LogP contribution in [0.4, 0.5) is 5.88 Å². The summed E-state index contributed by atoms with van der Waals surface area (Å²) in [7, 11) is 0. The van der Waals surface area contributed by atoms with Crippen LogP contribution in [-0.2, 0) is 6.42 Å². The van der Waals surface area contributed by atoms with E-state index in [-0.39, 0.29) is 0 Å². The van der Waals surface area contributed by atoms with E-state index in [9.17, 15) is 0 Å². The van der Waals surface area contributed by atoms with Crippen molar-refractivity contribution in [3.63, 3.8) is 0 Å². The van der Waals surface area contributed by atoms with Crippen LogP contribution in [-0.4, -0.2) is 11.7 Å². The fourth-order valence-corrected chi connectivity index (χ4v) is 2.65. The van der Waals surface area contributed by atoms with Crippen LogP contribution < -0.4 is 5.32 Å². The molecule has 3 nitrogen and oxygen atoms in total. The zero-order valence-electron chi connectivity index (χ0n) is 9.37. The molecular weight excluding hydrogens is 280 g/mol. The molecule has 2 aromatic rings. The van der Waals surface area contributed by atoms with Crippen LogP contribution in [0.5, 0.6) is 0 Å². The van der Waals surface area contributed by atoms with E-state index < -0.39 is 0 Å². The molecule has 1 N–H and O–H groups in total. The van der Waals surface area contributed by atoms with E-state index >= 15 is 0 Å². The fourth-order valence-electron chi connectivity index (χ4n) is 2.17. The molecule has 0 atom stereocenters. The predicted octanol–water partition coefficient (Wildman–Crippen LogP) is 3.85. The number of benzene rings is 1. The van der Waals surface area contributed by atoms with Crippen molar-refractivity contribution in [3.05, 3.63) is 34.3 Å². The van der Waals surface area contributed by atoms with E-state index in [0.29, 0.717) is 0 Å². The second kappa shape index (κ2) is 4.53. The molecule has 0 radical (unpaired) electrons. The molecule has 88 valence electrons. The smallest absolute Gasteiger partial charge is 0.228 e. The van der Waals surface area contributed by atoms with Crippen molar-refractivity contribution in [3.8, 4) is 11.3 Å². The average molecular weight is 293 g/mol. The molecule has 4 heteroatoms. The summed E-state index contributed by atoms with van der Waals surface area (Å²) in [6.45, 7) is 0.970. The maximum Gasteiger partial charge on any atom is 0.228 e. The van der Waals surface area contributed by atoms with Crippen molar-refractivity contribution in [2.24, 2.45) is 0 Å². The Morgan fingerprint density at radius 3 is 3.00 bits per heavy atom. The highest BCUT2D eigenvalue weighted by atomic mass is 79.9. The third kappa shape index (κ3) is 1.97. The summed E-state index contributed by atoms with van der Waals surface area (Å²) in [6.07, 6.45) is 3.39. The molecule has 1 aliphatic heterocycles. The summed E-state index contributed by atoms with van der Waals surface area (Å²) in [4.78, 5) is 0. The zero-order chi connectivity index (χ0) is 11.7. The molecule has 0 bridgehead atoms. The number of nitrogens with one attached hydrogen (secondary N) is 1. The van der Waals surface area contributed by atoms with Crippen molar-refractivity contribution in [1.82, 2.24) is 5.16 Å². The highest BCUT2D eigenvalue weighted by molar-refractivity contribution is 9.10. The van der Waals surface area contributed by atoms with Gasteiger partial charge in [-0.15, -0.1) is 0 Å². The van der Waals surface area contributed by atoms with Crippen LogP contribution in [0.2, 0.25) is 0 Å². The Bertz CT molecular complexity index is 536. The van der Waals surface area contributed by atoms with E-state index in [4.69, 9.17) is 4.52 Å². The lowest BCUT2D eigenvalue weighted by molar-refractivity contribution is 0.434. The Kier molecular flexibility index (Phi) is 2.89. The summed E-state index contributed by atoms with van der Waals surface area (Å²) in [5, 5.41) is 7.49. The second-order valence-electron chi connectivity index (χ2n) is 4.20. The number of anilines is 1. The molecule has 0 unspecified atom stereocenters. The fraction of sp³-hybridized carbons (Fsp3) is 0.308. The molecule has 0 saturated carbocycles. The minimum Gasteiger partial charge on any atom is -0.354 e. The van der Waals surface area contributed by atoms with Crippen LogP contribution >= 0.6 is 15.9 Å². The van der Waals surface area contributed by atoms with Crippen LogP contribution in [0.25, 0.3) is 11.3 Å². The standard InChI is InChI=1S/C13H13BrN2O/c14-11-7-2-1-5-9(11)12-10-6-3-4-8-15-13(10)17-16-12/h1-2,5,7,15H,3-4,6,8H2. The van der Waals surface area contributed by atoms with Gasteiger partial charge in [0, 0.05) is 22.1 Å². The van der Waals surface area contributed by atoms with Gasteiger partial charge in [0.2, 0.25) is 5.88 Å². The lowest BCUT2D eigenvalue weighted by Gasteiger charge is -2.02. The first-order chi connectivity index (χ1) is 8.36. The minimum atomic E-state index is 0.841. The van der Waals surface area contributed by atoms with E-state index in [1.54, 1.807) is 0 Å². The predicted molar refractivity (Wildman–Crippen MR) is 71.1 cm³/mol. The number of fused-ring (bicyclic) bond motifs is 1. The summed E-state index contributed by atoms with van der Waals surface area (Å²) in [5.74, 6) is 0.841. The van der Waals surface area contributed by atoms with Crippen LogP contribution in [0.1, 0.15) is 18.4 Å². The third-order valence-corrected chi connectivity index (χ3v) is 3.75. The van der Waals surface area contributed by atoms with E-state index in [0.717, 1.165) is 34.6 Å². The Hall–Kier alpha value is -1.29. The molecule has 1 aliphatic rings.